The first-order valence-corrected chi connectivity index (χ1v) is 12.0. The lowest BCUT2D eigenvalue weighted by Crippen LogP contribution is -2.47. The van der Waals surface area contributed by atoms with Gasteiger partial charge in [-0.2, -0.15) is 5.26 Å². The molecule has 35 heavy (non-hydrogen) atoms. The van der Waals surface area contributed by atoms with E-state index in [-0.39, 0.29) is 24.1 Å². The molecule has 0 radical (unpaired) electrons. The summed E-state index contributed by atoms with van der Waals surface area (Å²) in [5.74, 6) is 0.109. The zero-order valence-electron chi connectivity index (χ0n) is 19.4. The lowest BCUT2D eigenvalue weighted by atomic mass is 9.92. The van der Waals surface area contributed by atoms with E-state index < -0.39 is 5.91 Å². The summed E-state index contributed by atoms with van der Waals surface area (Å²) in [7, 11) is 1.53. The molecule has 1 fully saturated rings. The van der Waals surface area contributed by atoms with E-state index in [0.717, 1.165) is 31.2 Å². The molecule has 2 aliphatic rings. The molecule has 0 atom stereocenters. The molecule has 0 spiro atoms. The topological polar surface area (TPSA) is 79.6 Å². The SMILES string of the molecule is COc1cc(/C=C2/C(=O)N(C3CCCC3)C(=O)C(C#N)=C2C)ccc1OCc1ccc(Cl)cc1Cl. The van der Waals surface area contributed by atoms with Crippen LogP contribution < -0.4 is 9.47 Å². The summed E-state index contributed by atoms with van der Waals surface area (Å²) in [4.78, 5) is 27.5. The molecule has 6 nitrogen and oxygen atoms in total. The second kappa shape index (κ2) is 10.6. The minimum atomic E-state index is -0.499. The number of benzene rings is 2. The fraction of sp³-hybridized carbons (Fsp3) is 0.296. The van der Waals surface area contributed by atoms with Gasteiger partial charge in [-0.1, -0.05) is 48.2 Å². The number of methoxy groups -OCH3 is 1. The molecule has 2 aromatic carbocycles. The van der Waals surface area contributed by atoms with Crippen LogP contribution in [0.3, 0.4) is 0 Å². The summed E-state index contributed by atoms with van der Waals surface area (Å²) in [6.07, 6.45) is 5.14. The first kappa shape index (κ1) is 24.8. The Balaban J connectivity index is 1.63. The van der Waals surface area contributed by atoms with Crippen LogP contribution in [0.4, 0.5) is 0 Å². The molecular formula is C27H24Cl2N2O4. The third-order valence-electron chi connectivity index (χ3n) is 6.36. The van der Waals surface area contributed by atoms with Gasteiger partial charge in [0.1, 0.15) is 18.2 Å². The van der Waals surface area contributed by atoms with Crippen molar-refractivity contribution in [3.8, 4) is 17.6 Å². The zero-order valence-corrected chi connectivity index (χ0v) is 20.9. The van der Waals surface area contributed by atoms with Crippen LogP contribution >= 0.6 is 23.2 Å². The second-order valence-electron chi connectivity index (χ2n) is 8.52. The number of amides is 2. The van der Waals surface area contributed by atoms with E-state index in [1.165, 1.54) is 12.0 Å². The summed E-state index contributed by atoms with van der Waals surface area (Å²) in [6.45, 7) is 1.86. The van der Waals surface area contributed by atoms with Crippen LogP contribution in [0.15, 0.2) is 53.1 Å². The van der Waals surface area contributed by atoms with E-state index in [0.29, 0.717) is 38.3 Å². The van der Waals surface area contributed by atoms with Gasteiger partial charge in [0.05, 0.1) is 7.11 Å². The molecule has 1 aliphatic heterocycles. The zero-order chi connectivity index (χ0) is 25.1. The fourth-order valence-electron chi connectivity index (χ4n) is 4.45. The van der Waals surface area contributed by atoms with Gasteiger partial charge in [-0.05, 0) is 61.2 Å². The van der Waals surface area contributed by atoms with Gasteiger partial charge in [-0.25, -0.2) is 0 Å². The van der Waals surface area contributed by atoms with Gasteiger partial charge in [0.15, 0.2) is 11.5 Å². The molecule has 0 unspecified atom stereocenters. The molecule has 2 amide bonds. The Hall–Kier alpha value is -3.27. The van der Waals surface area contributed by atoms with Crippen molar-refractivity contribution in [2.24, 2.45) is 0 Å². The Morgan fingerprint density at radius 1 is 1.09 bits per heavy atom. The molecule has 1 saturated carbocycles. The molecule has 0 saturated heterocycles. The number of hydrogen-bond donors (Lipinski definition) is 0. The Morgan fingerprint density at radius 2 is 1.83 bits per heavy atom. The minimum absolute atomic E-state index is 0.00881. The highest BCUT2D eigenvalue weighted by atomic mass is 35.5. The molecule has 2 aromatic rings. The van der Waals surface area contributed by atoms with Crippen LogP contribution in [0.2, 0.25) is 10.0 Å². The molecule has 1 aliphatic carbocycles. The highest BCUT2D eigenvalue weighted by Gasteiger charge is 2.40. The standard InChI is InChI=1S/C27H24Cl2N2O4/c1-16-21(26(32)31(20-5-3-4-6-20)27(33)22(16)14-30)11-17-7-10-24(25(12-17)34-2)35-15-18-8-9-19(28)13-23(18)29/h7-13,20H,3-6,15H2,1-2H3/b21-11+. The van der Waals surface area contributed by atoms with Gasteiger partial charge >= 0.3 is 0 Å². The van der Waals surface area contributed by atoms with Crippen LogP contribution in [-0.2, 0) is 16.2 Å². The number of ether oxygens (including phenoxy) is 2. The second-order valence-corrected chi connectivity index (χ2v) is 9.37. The average Bonchev–Trinajstić information content (AvgIpc) is 3.36. The van der Waals surface area contributed by atoms with Crippen molar-refractivity contribution in [2.45, 2.75) is 45.3 Å². The van der Waals surface area contributed by atoms with E-state index in [2.05, 4.69) is 0 Å². The molecule has 0 aromatic heterocycles. The van der Waals surface area contributed by atoms with E-state index in [9.17, 15) is 14.9 Å². The Kier molecular flexibility index (Phi) is 7.49. The molecule has 0 N–H and O–H groups in total. The quantitative estimate of drug-likeness (QED) is 0.345. The summed E-state index contributed by atoms with van der Waals surface area (Å²) < 4.78 is 11.4. The smallest absolute Gasteiger partial charge is 0.271 e. The molecule has 8 heteroatoms. The molecule has 4 rings (SSSR count). The normalized spacial score (nSPS) is 17.8. The molecule has 180 valence electrons. The minimum Gasteiger partial charge on any atom is -0.493 e. The lowest BCUT2D eigenvalue weighted by Gasteiger charge is -2.32. The van der Waals surface area contributed by atoms with E-state index in [1.54, 1.807) is 49.4 Å². The van der Waals surface area contributed by atoms with Crippen molar-refractivity contribution in [1.29, 1.82) is 5.26 Å². The van der Waals surface area contributed by atoms with Gasteiger partial charge in [0, 0.05) is 27.2 Å². The molecule has 1 heterocycles. The van der Waals surface area contributed by atoms with Crippen LogP contribution in [0, 0.1) is 11.3 Å². The number of carbonyl (C=O) groups is 2. The number of nitrogens with zero attached hydrogens (tertiary/aromatic N) is 2. The average molecular weight is 511 g/mol. The summed E-state index contributed by atoms with van der Waals surface area (Å²) in [5, 5.41) is 10.7. The number of rotatable bonds is 6. The predicted molar refractivity (Wildman–Crippen MR) is 134 cm³/mol. The van der Waals surface area contributed by atoms with Crippen molar-refractivity contribution in [2.75, 3.05) is 7.11 Å². The van der Waals surface area contributed by atoms with Gasteiger partial charge in [-0.3, -0.25) is 14.5 Å². The van der Waals surface area contributed by atoms with Crippen molar-refractivity contribution in [3.05, 3.63) is 74.3 Å². The maximum atomic E-state index is 13.4. The fourth-order valence-corrected chi connectivity index (χ4v) is 4.91. The van der Waals surface area contributed by atoms with E-state index >= 15 is 0 Å². The van der Waals surface area contributed by atoms with E-state index in [1.807, 2.05) is 6.07 Å². The van der Waals surface area contributed by atoms with E-state index in [4.69, 9.17) is 32.7 Å². The van der Waals surface area contributed by atoms with Crippen LogP contribution in [0.25, 0.3) is 6.08 Å². The Bertz CT molecular complexity index is 1290. The van der Waals surface area contributed by atoms with Crippen molar-refractivity contribution >= 4 is 41.1 Å². The number of hydrogen-bond acceptors (Lipinski definition) is 5. The highest BCUT2D eigenvalue weighted by Crippen LogP contribution is 2.35. The summed E-state index contributed by atoms with van der Waals surface area (Å²) >= 11 is 12.2. The van der Waals surface area contributed by atoms with Crippen molar-refractivity contribution in [3.63, 3.8) is 0 Å². The predicted octanol–water partition coefficient (Wildman–Crippen LogP) is 6.12. The number of imide groups is 1. The molecule has 0 bridgehead atoms. The van der Waals surface area contributed by atoms with Crippen molar-refractivity contribution in [1.82, 2.24) is 4.90 Å². The monoisotopic (exact) mass is 510 g/mol. The van der Waals surface area contributed by atoms with Crippen LogP contribution in [-0.4, -0.2) is 29.9 Å². The van der Waals surface area contributed by atoms with Crippen LogP contribution in [0.1, 0.15) is 43.7 Å². The van der Waals surface area contributed by atoms with Gasteiger partial charge < -0.3 is 9.47 Å². The van der Waals surface area contributed by atoms with Gasteiger partial charge in [0.25, 0.3) is 11.8 Å². The largest absolute Gasteiger partial charge is 0.493 e. The highest BCUT2D eigenvalue weighted by molar-refractivity contribution is 6.35. The number of halogens is 2. The Labute approximate surface area is 214 Å². The first-order valence-electron chi connectivity index (χ1n) is 11.3. The summed E-state index contributed by atoms with van der Waals surface area (Å²) in [5.41, 5.74) is 2.18. The third-order valence-corrected chi connectivity index (χ3v) is 6.95. The maximum absolute atomic E-state index is 13.4. The van der Waals surface area contributed by atoms with Crippen LogP contribution in [0.5, 0.6) is 11.5 Å². The van der Waals surface area contributed by atoms with Crippen molar-refractivity contribution < 1.29 is 19.1 Å². The van der Waals surface area contributed by atoms with Gasteiger partial charge in [-0.15, -0.1) is 0 Å². The third kappa shape index (κ3) is 5.07. The molecular weight excluding hydrogens is 487 g/mol. The number of carbonyl (C=O) groups excluding carboxylic acids is 2. The summed E-state index contributed by atoms with van der Waals surface area (Å²) in [6, 6.07) is 12.3. The Morgan fingerprint density at radius 3 is 2.49 bits per heavy atom. The lowest BCUT2D eigenvalue weighted by molar-refractivity contribution is -0.143. The number of nitriles is 1. The maximum Gasteiger partial charge on any atom is 0.271 e. The first-order chi connectivity index (χ1) is 16.8. The van der Waals surface area contributed by atoms with Gasteiger partial charge in [0.2, 0.25) is 0 Å².